The number of para-hydroxylation sites is 1. The summed E-state index contributed by atoms with van der Waals surface area (Å²) in [6.45, 7) is 0. The average Bonchev–Trinajstić information content (AvgIpc) is 3.58. The largest absolute Gasteiger partial charge is 0.494 e. The third-order valence-electron chi connectivity index (χ3n) is 6.49. The lowest BCUT2D eigenvalue weighted by atomic mass is 10.1. The van der Waals surface area contributed by atoms with Gasteiger partial charge in [0.25, 0.3) is 5.56 Å². The number of rotatable bonds is 7. The van der Waals surface area contributed by atoms with Crippen molar-refractivity contribution in [3.05, 3.63) is 81.3 Å². The fourth-order valence-corrected chi connectivity index (χ4v) is 4.88. The summed E-state index contributed by atoms with van der Waals surface area (Å²) in [6, 6.07) is 12.3. The van der Waals surface area contributed by atoms with E-state index in [1.807, 2.05) is 0 Å². The number of halogens is 1. The summed E-state index contributed by atoms with van der Waals surface area (Å²) in [6.07, 6.45) is 5.79. The van der Waals surface area contributed by atoms with Crippen LogP contribution < -0.4 is 15.0 Å². The lowest BCUT2D eigenvalue weighted by Gasteiger charge is -2.21. The number of pyridine rings is 1. The Morgan fingerprint density at radius 2 is 1.81 bits per heavy atom. The molecule has 0 bridgehead atoms. The normalized spacial score (nSPS) is 13.8. The number of furan rings is 1. The van der Waals surface area contributed by atoms with Crippen molar-refractivity contribution < 1.29 is 19.0 Å². The summed E-state index contributed by atoms with van der Waals surface area (Å²) in [7, 11) is 3.08. The molecule has 1 aliphatic rings. The van der Waals surface area contributed by atoms with Gasteiger partial charge in [0.15, 0.2) is 0 Å². The van der Waals surface area contributed by atoms with Crippen LogP contribution >= 0.6 is 11.6 Å². The lowest BCUT2D eigenvalue weighted by molar-refractivity contribution is 0.387. The van der Waals surface area contributed by atoms with Gasteiger partial charge in [-0.1, -0.05) is 30.5 Å². The van der Waals surface area contributed by atoms with E-state index in [0.717, 1.165) is 31.4 Å². The SMILES string of the molecule is COc1cccc(OC)c1-n1c(C2CCCC2)nc(O)c(-c2ccc(Cc3ccc(Cl)cn3)o2)c1=O. The lowest BCUT2D eigenvalue weighted by Crippen LogP contribution is -2.27. The molecule has 0 atom stereocenters. The molecule has 3 aromatic heterocycles. The second-order valence-electron chi connectivity index (χ2n) is 8.71. The van der Waals surface area contributed by atoms with E-state index in [0.29, 0.717) is 40.2 Å². The first-order chi connectivity index (χ1) is 17.5. The van der Waals surface area contributed by atoms with Gasteiger partial charge < -0.3 is 19.0 Å². The van der Waals surface area contributed by atoms with E-state index >= 15 is 0 Å². The molecular weight excluding hydrogens is 482 g/mol. The molecule has 1 N–H and O–H groups in total. The maximum atomic E-state index is 14.1. The number of benzene rings is 1. The highest BCUT2D eigenvalue weighted by atomic mass is 35.5. The van der Waals surface area contributed by atoms with Crippen LogP contribution in [-0.4, -0.2) is 33.9 Å². The second-order valence-corrected chi connectivity index (χ2v) is 9.15. The van der Waals surface area contributed by atoms with Gasteiger partial charge in [-0.3, -0.25) is 14.3 Å². The van der Waals surface area contributed by atoms with Crippen LogP contribution in [0.1, 0.15) is 48.9 Å². The monoisotopic (exact) mass is 507 g/mol. The van der Waals surface area contributed by atoms with E-state index in [9.17, 15) is 9.90 Å². The molecule has 8 nitrogen and oxygen atoms in total. The average molecular weight is 508 g/mol. The Labute approximate surface area is 213 Å². The van der Waals surface area contributed by atoms with Gasteiger partial charge in [-0.05, 0) is 49.2 Å². The molecule has 0 amide bonds. The van der Waals surface area contributed by atoms with E-state index < -0.39 is 5.56 Å². The van der Waals surface area contributed by atoms with E-state index in [-0.39, 0.29) is 23.1 Å². The number of aromatic nitrogens is 3. The van der Waals surface area contributed by atoms with Gasteiger partial charge in [0.05, 0.1) is 19.2 Å². The minimum Gasteiger partial charge on any atom is -0.494 e. The Kier molecular flexibility index (Phi) is 6.69. The molecule has 0 radical (unpaired) electrons. The molecule has 0 spiro atoms. The van der Waals surface area contributed by atoms with Gasteiger partial charge in [0, 0.05) is 24.2 Å². The number of hydrogen-bond acceptors (Lipinski definition) is 7. The molecule has 4 aromatic rings. The van der Waals surface area contributed by atoms with E-state index in [2.05, 4.69) is 9.97 Å². The first-order valence-corrected chi connectivity index (χ1v) is 12.1. The topological polar surface area (TPSA) is 99.6 Å². The van der Waals surface area contributed by atoms with Crippen molar-refractivity contribution in [2.45, 2.75) is 38.0 Å². The van der Waals surface area contributed by atoms with Gasteiger partial charge in [0.1, 0.15) is 40.1 Å². The highest BCUT2D eigenvalue weighted by molar-refractivity contribution is 6.30. The molecule has 9 heteroatoms. The first kappa shape index (κ1) is 23.9. The van der Waals surface area contributed by atoms with Crippen molar-refractivity contribution in [3.63, 3.8) is 0 Å². The Morgan fingerprint density at radius 3 is 2.44 bits per heavy atom. The summed E-state index contributed by atoms with van der Waals surface area (Å²) in [4.78, 5) is 22.9. The third kappa shape index (κ3) is 4.44. The minimum atomic E-state index is -0.460. The van der Waals surface area contributed by atoms with Crippen molar-refractivity contribution in [2.75, 3.05) is 14.2 Å². The van der Waals surface area contributed by atoms with Crippen LogP contribution in [0.3, 0.4) is 0 Å². The molecule has 36 heavy (non-hydrogen) atoms. The Bertz CT molecular complexity index is 1420. The molecule has 0 unspecified atom stereocenters. The first-order valence-electron chi connectivity index (χ1n) is 11.8. The second kappa shape index (κ2) is 10.1. The molecular formula is C27H26ClN3O5. The summed E-state index contributed by atoms with van der Waals surface area (Å²) >= 11 is 5.93. The van der Waals surface area contributed by atoms with Crippen LogP contribution in [0.15, 0.2) is 57.9 Å². The quantitative estimate of drug-likeness (QED) is 0.352. The Morgan fingerprint density at radius 1 is 1.08 bits per heavy atom. The summed E-state index contributed by atoms with van der Waals surface area (Å²) in [5.74, 6) is 1.87. The molecule has 1 fully saturated rings. The summed E-state index contributed by atoms with van der Waals surface area (Å²) in [5, 5.41) is 11.5. The van der Waals surface area contributed by atoms with Gasteiger partial charge in [-0.25, -0.2) is 0 Å². The van der Waals surface area contributed by atoms with Crippen molar-refractivity contribution in [1.29, 1.82) is 0 Å². The van der Waals surface area contributed by atoms with E-state index in [1.54, 1.807) is 48.7 Å². The molecule has 1 aromatic carbocycles. The molecule has 5 rings (SSSR count). The molecule has 1 aliphatic carbocycles. The smallest absolute Gasteiger partial charge is 0.273 e. The number of hydrogen-bond donors (Lipinski definition) is 1. The third-order valence-corrected chi connectivity index (χ3v) is 6.71. The molecule has 186 valence electrons. The summed E-state index contributed by atoms with van der Waals surface area (Å²) < 4.78 is 18.7. The molecule has 3 heterocycles. The highest BCUT2D eigenvalue weighted by Gasteiger charge is 2.30. The fraction of sp³-hybridized carbons (Fsp3) is 0.296. The van der Waals surface area contributed by atoms with E-state index in [1.165, 1.54) is 18.8 Å². The standard InChI is InChI=1S/C27H26ClN3O5/c1-34-21-8-5-9-22(35-2)24(21)31-25(16-6-3-4-7-16)30-26(32)23(27(31)33)20-13-12-19(36-20)14-18-11-10-17(28)15-29-18/h5,8-13,15-16,32H,3-4,6-7,14H2,1-2H3. The maximum absolute atomic E-state index is 14.1. The van der Waals surface area contributed by atoms with Crippen LogP contribution in [0.2, 0.25) is 5.02 Å². The van der Waals surface area contributed by atoms with Crippen LogP contribution in [0, 0.1) is 0 Å². The number of aromatic hydroxyl groups is 1. The number of methoxy groups -OCH3 is 2. The van der Waals surface area contributed by atoms with Crippen LogP contribution in [0.25, 0.3) is 17.0 Å². The number of ether oxygens (including phenoxy) is 2. The molecule has 0 aliphatic heterocycles. The maximum Gasteiger partial charge on any atom is 0.273 e. The highest BCUT2D eigenvalue weighted by Crippen LogP contribution is 2.40. The van der Waals surface area contributed by atoms with Crippen molar-refractivity contribution >= 4 is 11.6 Å². The zero-order valence-electron chi connectivity index (χ0n) is 20.0. The van der Waals surface area contributed by atoms with Gasteiger partial charge >= 0.3 is 0 Å². The summed E-state index contributed by atoms with van der Waals surface area (Å²) in [5.41, 5.74) is 0.716. The van der Waals surface area contributed by atoms with Crippen molar-refractivity contribution in [3.8, 4) is 34.4 Å². The molecule has 1 saturated carbocycles. The van der Waals surface area contributed by atoms with Gasteiger partial charge in [0.2, 0.25) is 5.88 Å². The van der Waals surface area contributed by atoms with Crippen molar-refractivity contribution in [1.82, 2.24) is 14.5 Å². The van der Waals surface area contributed by atoms with Crippen LogP contribution in [0.4, 0.5) is 0 Å². The zero-order valence-corrected chi connectivity index (χ0v) is 20.8. The van der Waals surface area contributed by atoms with Crippen molar-refractivity contribution in [2.24, 2.45) is 0 Å². The van der Waals surface area contributed by atoms with Crippen LogP contribution in [-0.2, 0) is 6.42 Å². The number of nitrogens with zero attached hydrogens (tertiary/aromatic N) is 3. The predicted octanol–water partition coefficient (Wildman–Crippen LogP) is 5.51. The molecule has 0 saturated heterocycles. The Hall–Kier alpha value is -3.78. The Balaban J connectivity index is 1.66. The van der Waals surface area contributed by atoms with Gasteiger partial charge in [-0.15, -0.1) is 0 Å². The van der Waals surface area contributed by atoms with Gasteiger partial charge in [-0.2, -0.15) is 4.98 Å². The van der Waals surface area contributed by atoms with E-state index in [4.69, 9.17) is 25.5 Å². The fourth-order valence-electron chi connectivity index (χ4n) is 4.76. The predicted molar refractivity (Wildman–Crippen MR) is 136 cm³/mol. The van der Waals surface area contributed by atoms with Crippen LogP contribution in [0.5, 0.6) is 17.4 Å². The zero-order chi connectivity index (χ0) is 25.2. The minimum absolute atomic E-state index is 0.0235.